The molecule has 2 aliphatic heterocycles. The van der Waals surface area contributed by atoms with E-state index in [2.05, 4.69) is 37.3 Å². The van der Waals surface area contributed by atoms with Crippen LogP contribution in [0.4, 0.5) is 0 Å². The molecule has 146 valence electrons. The van der Waals surface area contributed by atoms with Gasteiger partial charge in [-0.05, 0) is 30.7 Å². The van der Waals surface area contributed by atoms with Crippen molar-refractivity contribution in [2.45, 2.75) is 25.6 Å². The van der Waals surface area contributed by atoms with Crippen LogP contribution in [0.3, 0.4) is 0 Å². The molecule has 2 heterocycles. The fourth-order valence-electron chi connectivity index (χ4n) is 3.93. The van der Waals surface area contributed by atoms with E-state index in [1.165, 1.54) is 11.6 Å². The van der Waals surface area contributed by atoms with Crippen LogP contribution in [0.5, 0.6) is 11.5 Å². The number of aryl methyl sites for hydroxylation is 1. The Morgan fingerprint density at radius 3 is 2.59 bits per heavy atom. The molecule has 2 atom stereocenters. The molecule has 0 aliphatic carbocycles. The van der Waals surface area contributed by atoms with Crippen molar-refractivity contribution in [2.75, 3.05) is 0 Å². The van der Waals surface area contributed by atoms with Gasteiger partial charge < -0.3 is 9.84 Å². The van der Waals surface area contributed by atoms with E-state index in [-0.39, 0.29) is 16.8 Å². The molecule has 0 fully saturated rings. The minimum absolute atomic E-state index is 0.00147. The van der Waals surface area contributed by atoms with Crippen LogP contribution in [-0.2, 0) is 0 Å². The van der Waals surface area contributed by atoms with Gasteiger partial charge in [-0.2, -0.15) is 5.10 Å². The Balaban J connectivity index is 1.63. The van der Waals surface area contributed by atoms with Gasteiger partial charge in [-0.1, -0.05) is 71.2 Å². The van der Waals surface area contributed by atoms with Crippen LogP contribution in [0.25, 0.3) is 0 Å². The third-order valence-corrected chi connectivity index (χ3v) is 5.91. The Morgan fingerprint density at radius 1 is 1.03 bits per heavy atom. The summed E-state index contributed by atoms with van der Waals surface area (Å²) in [5, 5.41) is 18.0. The van der Waals surface area contributed by atoms with E-state index in [1.54, 1.807) is 6.07 Å². The van der Waals surface area contributed by atoms with Gasteiger partial charge in [0.15, 0.2) is 0 Å². The lowest BCUT2D eigenvalue weighted by atomic mass is 9.95. The number of ether oxygens (including phenoxy) is 1. The maximum Gasteiger partial charge on any atom is 0.217 e. The van der Waals surface area contributed by atoms with E-state index in [0.717, 1.165) is 29.0 Å². The van der Waals surface area contributed by atoms with Crippen LogP contribution >= 0.6 is 23.2 Å². The molecule has 2 aliphatic rings. The van der Waals surface area contributed by atoms with Crippen molar-refractivity contribution in [2.24, 2.45) is 5.10 Å². The zero-order valence-corrected chi connectivity index (χ0v) is 17.2. The van der Waals surface area contributed by atoms with E-state index in [1.807, 2.05) is 23.2 Å². The molecule has 0 aromatic heterocycles. The topological polar surface area (TPSA) is 45.1 Å². The molecule has 0 spiro atoms. The number of para-hydroxylation sites is 1. The maximum atomic E-state index is 10.6. The lowest BCUT2D eigenvalue weighted by Crippen LogP contribution is -2.33. The molecule has 3 aromatic carbocycles. The minimum atomic E-state index is -0.631. The number of nitrogens with zero attached hydrogens (tertiary/aromatic N) is 2. The maximum absolute atomic E-state index is 10.6. The third kappa shape index (κ3) is 3.13. The summed E-state index contributed by atoms with van der Waals surface area (Å²) in [5.74, 6) is 0.729. The van der Waals surface area contributed by atoms with Gasteiger partial charge in [0.25, 0.3) is 0 Å². The third-order valence-electron chi connectivity index (χ3n) is 5.41. The smallest absolute Gasteiger partial charge is 0.217 e. The molecule has 1 N–H and O–H groups in total. The molecule has 6 heteroatoms. The summed E-state index contributed by atoms with van der Waals surface area (Å²) < 4.78 is 6.27. The zero-order valence-electron chi connectivity index (χ0n) is 15.6. The van der Waals surface area contributed by atoms with E-state index in [4.69, 9.17) is 33.0 Å². The number of fused-ring (bicyclic) bond motifs is 3. The Bertz CT molecular complexity index is 1130. The number of hydrazone groups is 1. The minimum Gasteiger partial charge on any atom is -0.506 e. The van der Waals surface area contributed by atoms with E-state index in [0.29, 0.717) is 10.6 Å². The van der Waals surface area contributed by atoms with Crippen molar-refractivity contribution in [1.82, 2.24) is 5.01 Å². The number of hydrogen-bond acceptors (Lipinski definition) is 4. The average Bonchev–Trinajstić information content (AvgIpc) is 3.16. The molecule has 0 saturated heterocycles. The van der Waals surface area contributed by atoms with Crippen LogP contribution in [0.15, 0.2) is 65.8 Å². The van der Waals surface area contributed by atoms with Gasteiger partial charge in [0.2, 0.25) is 6.23 Å². The quantitative estimate of drug-likeness (QED) is 0.528. The van der Waals surface area contributed by atoms with Crippen LogP contribution < -0.4 is 4.74 Å². The zero-order chi connectivity index (χ0) is 20.1. The van der Waals surface area contributed by atoms with Crippen molar-refractivity contribution < 1.29 is 9.84 Å². The lowest BCUT2D eigenvalue weighted by molar-refractivity contribution is -0.0203. The summed E-state index contributed by atoms with van der Waals surface area (Å²) in [7, 11) is 0. The monoisotopic (exact) mass is 424 g/mol. The first kappa shape index (κ1) is 18.3. The first-order valence-electron chi connectivity index (χ1n) is 9.37. The predicted octanol–water partition coefficient (Wildman–Crippen LogP) is 6.25. The van der Waals surface area contributed by atoms with Gasteiger partial charge >= 0.3 is 0 Å². The lowest BCUT2D eigenvalue weighted by Gasteiger charge is -2.38. The molecule has 0 unspecified atom stereocenters. The summed E-state index contributed by atoms with van der Waals surface area (Å²) in [6.45, 7) is 2.06. The second-order valence-corrected chi connectivity index (χ2v) is 8.19. The standard InChI is InChI=1S/C23H18Cl2N2O2/c1-13-6-8-14(9-7-13)19-12-20-16-4-2-3-5-21(16)29-23(27(20)26-19)17-10-15(24)11-18(25)22(17)28/h2-11,20,23,28H,12H2,1H3/t20-,23+/m0/s1. The van der Waals surface area contributed by atoms with Gasteiger partial charge in [-0.3, -0.25) is 0 Å². The largest absolute Gasteiger partial charge is 0.506 e. The first-order valence-corrected chi connectivity index (χ1v) is 10.1. The van der Waals surface area contributed by atoms with Crippen molar-refractivity contribution in [1.29, 1.82) is 0 Å². The Labute approximate surface area is 178 Å². The number of hydrogen-bond donors (Lipinski definition) is 1. The van der Waals surface area contributed by atoms with E-state index < -0.39 is 6.23 Å². The molecule has 0 radical (unpaired) electrons. The highest BCUT2D eigenvalue weighted by Crippen LogP contribution is 2.49. The highest BCUT2D eigenvalue weighted by Gasteiger charge is 2.42. The molecule has 3 aromatic rings. The molecule has 5 rings (SSSR count). The summed E-state index contributed by atoms with van der Waals surface area (Å²) in [6.07, 6.45) is 0.115. The Hall–Kier alpha value is -2.69. The van der Waals surface area contributed by atoms with Gasteiger partial charge in [0, 0.05) is 17.0 Å². The summed E-state index contributed by atoms with van der Waals surface area (Å²) in [5.41, 5.74) is 4.83. The Morgan fingerprint density at radius 2 is 1.79 bits per heavy atom. The van der Waals surface area contributed by atoms with Gasteiger partial charge in [0.05, 0.1) is 22.3 Å². The van der Waals surface area contributed by atoms with Crippen molar-refractivity contribution in [3.63, 3.8) is 0 Å². The fraction of sp³-hybridized carbons (Fsp3) is 0.174. The fourth-order valence-corrected chi connectivity index (χ4v) is 4.44. The highest BCUT2D eigenvalue weighted by molar-refractivity contribution is 6.35. The van der Waals surface area contributed by atoms with Crippen LogP contribution in [0, 0.1) is 6.92 Å². The molecular formula is C23H18Cl2N2O2. The SMILES string of the molecule is Cc1ccc(C2=NN3[C@@H](c4cc(Cl)cc(Cl)c4O)Oc4ccccc4[C@@H]3C2)cc1. The number of aromatic hydroxyl groups is 1. The number of phenols is 1. The normalized spacial score (nSPS) is 20.0. The molecule has 0 saturated carbocycles. The number of phenolic OH excluding ortho intramolecular Hbond substituents is 1. The second kappa shape index (κ2) is 6.97. The molecule has 0 amide bonds. The summed E-state index contributed by atoms with van der Waals surface area (Å²) in [6, 6.07) is 19.5. The molecular weight excluding hydrogens is 407 g/mol. The summed E-state index contributed by atoms with van der Waals surface area (Å²) in [4.78, 5) is 0. The summed E-state index contributed by atoms with van der Waals surface area (Å²) >= 11 is 12.4. The second-order valence-electron chi connectivity index (χ2n) is 7.35. The molecule has 4 nitrogen and oxygen atoms in total. The molecule has 0 bridgehead atoms. The van der Waals surface area contributed by atoms with E-state index in [9.17, 15) is 5.11 Å². The van der Waals surface area contributed by atoms with Crippen LogP contribution in [-0.4, -0.2) is 15.8 Å². The van der Waals surface area contributed by atoms with Gasteiger partial charge in [-0.25, -0.2) is 5.01 Å². The van der Waals surface area contributed by atoms with Crippen molar-refractivity contribution >= 4 is 28.9 Å². The average molecular weight is 425 g/mol. The Kier molecular flexibility index (Phi) is 4.41. The van der Waals surface area contributed by atoms with Crippen molar-refractivity contribution in [3.05, 3.63) is 93.0 Å². The van der Waals surface area contributed by atoms with Crippen LogP contribution in [0.2, 0.25) is 10.0 Å². The highest BCUT2D eigenvalue weighted by atomic mass is 35.5. The van der Waals surface area contributed by atoms with Crippen LogP contribution in [0.1, 0.15) is 40.9 Å². The number of halogens is 2. The van der Waals surface area contributed by atoms with Gasteiger partial charge in [-0.15, -0.1) is 0 Å². The molecule has 29 heavy (non-hydrogen) atoms. The number of rotatable bonds is 2. The predicted molar refractivity (Wildman–Crippen MR) is 115 cm³/mol. The van der Waals surface area contributed by atoms with E-state index >= 15 is 0 Å². The van der Waals surface area contributed by atoms with Crippen molar-refractivity contribution in [3.8, 4) is 11.5 Å². The first-order chi connectivity index (χ1) is 14.0. The number of benzene rings is 3. The van der Waals surface area contributed by atoms with Gasteiger partial charge in [0.1, 0.15) is 11.5 Å².